The Kier molecular flexibility index (Phi) is 5.54. The van der Waals surface area contributed by atoms with Crippen LogP contribution < -0.4 is 0 Å². The molecule has 0 aromatic heterocycles. The second kappa shape index (κ2) is 7.81. The standard InChI is InChI=1S/C23H30/c1-3-4-5-10-18(2)11-8-13-19-14-9-16-22-21-15-7-6-12-20(21)17-23(19)22/h6-7,9,12,14-16,18H,3-5,8,10-11,13,17H2,1-2H3. The molecule has 0 heterocycles. The van der Waals surface area contributed by atoms with Crippen LogP contribution in [0.15, 0.2) is 42.5 Å². The van der Waals surface area contributed by atoms with E-state index in [1.165, 1.54) is 61.6 Å². The molecule has 0 aliphatic heterocycles. The molecule has 23 heavy (non-hydrogen) atoms. The van der Waals surface area contributed by atoms with Gasteiger partial charge in [0.1, 0.15) is 0 Å². The van der Waals surface area contributed by atoms with Crippen molar-refractivity contribution in [1.82, 2.24) is 0 Å². The SMILES string of the molecule is CCCCCC(C)CCCc1cccc2c1Cc1ccccc1-2. The zero-order valence-electron chi connectivity index (χ0n) is 14.8. The molecule has 2 aromatic carbocycles. The summed E-state index contributed by atoms with van der Waals surface area (Å²) in [5.74, 6) is 0.885. The van der Waals surface area contributed by atoms with Crippen LogP contribution in [0.1, 0.15) is 69.1 Å². The Morgan fingerprint density at radius 2 is 1.65 bits per heavy atom. The van der Waals surface area contributed by atoms with Gasteiger partial charge < -0.3 is 0 Å². The van der Waals surface area contributed by atoms with E-state index in [0.29, 0.717) is 0 Å². The fraction of sp³-hybridized carbons (Fsp3) is 0.478. The van der Waals surface area contributed by atoms with E-state index in [-0.39, 0.29) is 0 Å². The van der Waals surface area contributed by atoms with Gasteiger partial charge >= 0.3 is 0 Å². The number of fused-ring (bicyclic) bond motifs is 3. The lowest BCUT2D eigenvalue weighted by Gasteiger charge is -2.12. The summed E-state index contributed by atoms with van der Waals surface area (Å²) in [7, 11) is 0. The maximum Gasteiger partial charge on any atom is -0.00107 e. The van der Waals surface area contributed by atoms with Gasteiger partial charge in [0.15, 0.2) is 0 Å². The van der Waals surface area contributed by atoms with Gasteiger partial charge in [0.2, 0.25) is 0 Å². The highest BCUT2D eigenvalue weighted by molar-refractivity contribution is 5.77. The summed E-state index contributed by atoms with van der Waals surface area (Å²) in [6, 6.07) is 15.8. The normalized spacial score (nSPS) is 13.7. The van der Waals surface area contributed by atoms with Crippen molar-refractivity contribution in [1.29, 1.82) is 0 Å². The lowest BCUT2D eigenvalue weighted by atomic mass is 9.93. The molecule has 0 spiro atoms. The van der Waals surface area contributed by atoms with Gasteiger partial charge in [0.25, 0.3) is 0 Å². The van der Waals surface area contributed by atoms with Gasteiger partial charge in [0, 0.05) is 0 Å². The molecule has 3 rings (SSSR count). The van der Waals surface area contributed by atoms with Gasteiger partial charge in [-0.2, -0.15) is 0 Å². The van der Waals surface area contributed by atoms with Crippen LogP contribution in [0, 0.1) is 5.92 Å². The van der Waals surface area contributed by atoms with Crippen LogP contribution in [-0.4, -0.2) is 0 Å². The number of benzene rings is 2. The van der Waals surface area contributed by atoms with Crippen molar-refractivity contribution in [2.24, 2.45) is 5.92 Å². The third-order valence-corrected chi connectivity index (χ3v) is 5.39. The van der Waals surface area contributed by atoms with Crippen LogP contribution in [0.5, 0.6) is 0 Å². The smallest absolute Gasteiger partial charge is 0.00107 e. The van der Waals surface area contributed by atoms with E-state index in [1.807, 2.05) is 0 Å². The first-order valence-corrected chi connectivity index (χ1v) is 9.48. The first-order chi connectivity index (χ1) is 11.3. The maximum absolute atomic E-state index is 2.43. The molecule has 0 heteroatoms. The second-order valence-electron chi connectivity index (χ2n) is 7.27. The van der Waals surface area contributed by atoms with Crippen LogP contribution in [0.3, 0.4) is 0 Å². The van der Waals surface area contributed by atoms with Gasteiger partial charge in [-0.05, 0) is 53.0 Å². The fourth-order valence-electron chi connectivity index (χ4n) is 3.99. The van der Waals surface area contributed by atoms with E-state index in [4.69, 9.17) is 0 Å². The maximum atomic E-state index is 2.43. The third-order valence-electron chi connectivity index (χ3n) is 5.39. The van der Waals surface area contributed by atoms with E-state index in [1.54, 1.807) is 11.1 Å². The third kappa shape index (κ3) is 3.86. The van der Waals surface area contributed by atoms with Gasteiger partial charge in [-0.25, -0.2) is 0 Å². The minimum atomic E-state index is 0.885. The van der Waals surface area contributed by atoms with Crippen LogP contribution >= 0.6 is 0 Å². The Balaban J connectivity index is 1.58. The summed E-state index contributed by atoms with van der Waals surface area (Å²) in [5.41, 5.74) is 7.61. The van der Waals surface area contributed by atoms with E-state index in [9.17, 15) is 0 Å². The Hall–Kier alpha value is -1.56. The summed E-state index contributed by atoms with van der Waals surface area (Å²) in [6.45, 7) is 4.72. The van der Waals surface area contributed by atoms with Crippen LogP contribution in [-0.2, 0) is 12.8 Å². The molecule has 0 amide bonds. The monoisotopic (exact) mass is 306 g/mol. The Morgan fingerprint density at radius 1 is 0.870 bits per heavy atom. The molecule has 2 aromatic rings. The molecule has 0 radical (unpaired) electrons. The largest absolute Gasteiger partial charge is 0.0654 e. The highest BCUT2D eigenvalue weighted by atomic mass is 14.2. The topological polar surface area (TPSA) is 0 Å². The van der Waals surface area contributed by atoms with Crippen molar-refractivity contribution in [2.75, 3.05) is 0 Å². The van der Waals surface area contributed by atoms with Crippen molar-refractivity contribution in [3.8, 4) is 11.1 Å². The minimum Gasteiger partial charge on any atom is -0.0654 e. The molecule has 0 bridgehead atoms. The molecule has 0 nitrogen and oxygen atoms in total. The summed E-state index contributed by atoms with van der Waals surface area (Å²) in [5, 5.41) is 0. The van der Waals surface area contributed by atoms with Crippen molar-refractivity contribution >= 4 is 0 Å². The van der Waals surface area contributed by atoms with Crippen molar-refractivity contribution in [2.45, 2.75) is 65.2 Å². The molecule has 1 unspecified atom stereocenters. The van der Waals surface area contributed by atoms with Gasteiger partial charge in [-0.15, -0.1) is 0 Å². The lowest BCUT2D eigenvalue weighted by molar-refractivity contribution is 0.450. The van der Waals surface area contributed by atoms with E-state index in [2.05, 4.69) is 56.3 Å². The zero-order valence-corrected chi connectivity index (χ0v) is 14.8. The lowest BCUT2D eigenvalue weighted by Crippen LogP contribution is -1.98. The summed E-state index contributed by atoms with van der Waals surface area (Å²) in [4.78, 5) is 0. The molecule has 1 aliphatic rings. The minimum absolute atomic E-state index is 0.885. The van der Waals surface area contributed by atoms with Crippen LogP contribution in [0.25, 0.3) is 11.1 Å². The number of rotatable bonds is 8. The van der Waals surface area contributed by atoms with Crippen LogP contribution in [0.4, 0.5) is 0 Å². The molecular formula is C23H30. The molecule has 0 fully saturated rings. The predicted molar refractivity (Wildman–Crippen MR) is 101 cm³/mol. The van der Waals surface area contributed by atoms with Crippen molar-refractivity contribution in [3.63, 3.8) is 0 Å². The van der Waals surface area contributed by atoms with Crippen molar-refractivity contribution < 1.29 is 0 Å². The van der Waals surface area contributed by atoms with Gasteiger partial charge in [-0.1, -0.05) is 88.4 Å². The Morgan fingerprint density at radius 3 is 2.52 bits per heavy atom. The van der Waals surface area contributed by atoms with E-state index < -0.39 is 0 Å². The number of hydrogen-bond acceptors (Lipinski definition) is 0. The highest BCUT2D eigenvalue weighted by Gasteiger charge is 2.19. The number of hydrogen-bond donors (Lipinski definition) is 0. The molecule has 122 valence electrons. The van der Waals surface area contributed by atoms with Gasteiger partial charge in [-0.3, -0.25) is 0 Å². The quantitative estimate of drug-likeness (QED) is 0.402. The summed E-state index contributed by atoms with van der Waals surface area (Å²) in [6.07, 6.45) is 10.6. The van der Waals surface area contributed by atoms with Gasteiger partial charge in [0.05, 0.1) is 0 Å². The molecule has 0 saturated heterocycles. The number of aryl methyl sites for hydroxylation is 1. The highest BCUT2D eigenvalue weighted by Crippen LogP contribution is 2.38. The van der Waals surface area contributed by atoms with Crippen molar-refractivity contribution in [3.05, 3.63) is 59.2 Å². The molecular weight excluding hydrogens is 276 g/mol. The van der Waals surface area contributed by atoms with E-state index >= 15 is 0 Å². The zero-order chi connectivity index (χ0) is 16.1. The Bertz CT molecular complexity index is 638. The predicted octanol–water partition coefficient (Wildman–Crippen LogP) is 6.80. The molecule has 1 atom stereocenters. The molecule has 1 aliphatic carbocycles. The molecule has 0 N–H and O–H groups in total. The molecule has 0 saturated carbocycles. The Labute approximate surface area is 141 Å². The first kappa shape index (κ1) is 16.3. The fourth-order valence-corrected chi connectivity index (χ4v) is 3.99. The average Bonchev–Trinajstić information content (AvgIpc) is 2.95. The second-order valence-corrected chi connectivity index (χ2v) is 7.27. The number of unbranched alkanes of at least 4 members (excludes halogenated alkanes) is 2. The van der Waals surface area contributed by atoms with E-state index in [0.717, 1.165) is 12.3 Å². The summed E-state index contributed by atoms with van der Waals surface area (Å²) >= 11 is 0. The first-order valence-electron chi connectivity index (χ1n) is 9.48. The summed E-state index contributed by atoms with van der Waals surface area (Å²) < 4.78 is 0. The average molecular weight is 306 g/mol. The van der Waals surface area contributed by atoms with Crippen LogP contribution in [0.2, 0.25) is 0 Å².